The zero-order chi connectivity index (χ0) is 12.8. The molecule has 0 spiro atoms. The number of benzene rings is 1. The second-order valence-corrected chi connectivity index (χ2v) is 5.61. The average Bonchev–Trinajstić information content (AvgIpc) is 2.29. The van der Waals surface area contributed by atoms with Crippen LogP contribution in [0.2, 0.25) is 0 Å². The van der Waals surface area contributed by atoms with E-state index in [4.69, 9.17) is 0 Å². The summed E-state index contributed by atoms with van der Waals surface area (Å²) in [7, 11) is 0. The number of rotatable bonds is 5. The van der Waals surface area contributed by atoms with E-state index >= 15 is 0 Å². The van der Waals surface area contributed by atoms with Crippen LogP contribution in [0.3, 0.4) is 0 Å². The Balaban J connectivity index is 2.37. The van der Waals surface area contributed by atoms with Crippen molar-refractivity contribution >= 4 is 28.5 Å². The Hall–Kier alpha value is -0.620. The zero-order valence-corrected chi connectivity index (χ0v) is 12.3. The molecule has 0 aromatic heterocycles. The lowest BCUT2D eigenvalue weighted by Crippen LogP contribution is -2.28. The minimum absolute atomic E-state index is 0.0858. The number of carbonyl (C=O) groups is 1. The van der Waals surface area contributed by atoms with E-state index in [1.165, 1.54) is 0 Å². The summed E-state index contributed by atoms with van der Waals surface area (Å²) >= 11 is 2.20. The maximum Gasteiger partial charge on any atom is 0.251 e. The van der Waals surface area contributed by atoms with E-state index in [0.717, 1.165) is 3.57 Å². The SMILES string of the molecule is CC(C)C(O)CCNC(=O)c1ccc(I)cc1. The average molecular weight is 347 g/mol. The second kappa shape index (κ2) is 6.96. The molecule has 94 valence electrons. The number of aliphatic hydroxyl groups is 1. The van der Waals surface area contributed by atoms with Gasteiger partial charge in [0.1, 0.15) is 0 Å². The quantitative estimate of drug-likeness (QED) is 0.804. The highest BCUT2D eigenvalue weighted by molar-refractivity contribution is 14.1. The fraction of sp³-hybridized carbons (Fsp3) is 0.462. The van der Waals surface area contributed by atoms with E-state index in [2.05, 4.69) is 27.9 Å². The Morgan fingerprint density at radius 1 is 1.35 bits per heavy atom. The van der Waals surface area contributed by atoms with Gasteiger partial charge < -0.3 is 10.4 Å². The fourth-order valence-electron chi connectivity index (χ4n) is 1.37. The molecule has 3 nitrogen and oxygen atoms in total. The number of hydrogen-bond donors (Lipinski definition) is 2. The van der Waals surface area contributed by atoms with Crippen LogP contribution in [0.5, 0.6) is 0 Å². The van der Waals surface area contributed by atoms with Crippen molar-refractivity contribution in [3.63, 3.8) is 0 Å². The van der Waals surface area contributed by atoms with E-state index in [1.807, 2.05) is 26.0 Å². The molecule has 2 N–H and O–H groups in total. The molecular formula is C13H18INO2. The Morgan fingerprint density at radius 3 is 2.47 bits per heavy atom. The summed E-state index contributed by atoms with van der Waals surface area (Å²) in [5.41, 5.74) is 0.657. The Bertz CT molecular complexity index is 362. The van der Waals surface area contributed by atoms with E-state index in [1.54, 1.807) is 12.1 Å². The maximum absolute atomic E-state index is 11.7. The summed E-state index contributed by atoms with van der Waals surface area (Å²) in [6.07, 6.45) is 0.236. The predicted molar refractivity (Wildman–Crippen MR) is 77.0 cm³/mol. The third-order valence-electron chi connectivity index (χ3n) is 2.60. The van der Waals surface area contributed by atoms with Gasteiger partial charge in [-0.25, -0.2) is 0 Å². The first-order valence-corrected chi connectivity index (χ1v) is 6.80. The van der Waals surface area contributed by atoms with Crippen LogP contribution in [0, 0.1) is 9.49 Å². The molecule has 1 rings (SSSR count). The summed E-state index contributed by atoms with van der Waals surface area (Å²) in [5.74, 6) is 0.141. The summed E-state index contributed by atoms with van der Waals surface area (Å²) in [6, 6.07) is 7.41. The van der Waals surface area contributed by atoms with Gasteiger partial charge >= 0.3 is 0 Å². The van der Waals surface area contributed by atoms with Gasteiger partial charge in [-0.2, -0.15) is 0 Å². The van der Waals surface area contributed by atoms with Gasteiger partial charge in [-0.3, -0.25) is 4.79 Å². The van der Waals surface area contributed by atoms with Gasteiger partial charge in [-0.05, 0) is 59.2 Å². The lowest BCUT2D eigenvalue weighted by Gasteiger charge is -2.14. The standard InChI is InChI=1S/C13H18INO2/c1-9(2)12(16)7-8-15-13(17)10-3-5-11(14)6-4-10/h3-6,9,12,16H,7-8H2,1-2H3,(H,15,17). The highest BCUT2D eigenvalue weighted by Crippen LogP contribution is 2.07. The van der Waals surface area contributed by atoms with Gasteiger partial charge in [-0.1, -0.05) is 13.8 Å². The molecule has 1 atom stereocenters. The third kappa shape index (κ3) is 5.04. The topological polar surface area (TPSA) is 49.3 Å². The number of nitrogens with one attached hydrogen (secondary N) is 1. The van der Waals surface area contributed by atoms with Crippen LogP contribution in [0.15, 0.2) is 24.3 Å². The van der Waals surface area contributed by atoms with Gasteiger partial charge in [0.25, 0.3) is 5.91 Å². The molecular weight excluding hydrogens is 329 g/mol. The fourth-order valence-corrected chi connectivity index (χ4v) is 1.73. The summed E-state index contributed by atoms with van der Waals surface area (Å²) < 4.78 is 1.11. The smallest absolute Gasteiger partial charge is 0.251 e. The van der Waals surface area contributed by atoms with Crippen molar-refractivity contribution in [1.29, 1.82) is 0 Å². The number of aliphatic hydroxyl groups excluding tert-OH is 1. The molecule has 0 radical (unpaired) electrons. The molecule has 1 amide bonds. The Kier molecular flexibility index (Phi) is 5.91. The molecule has 0 heterocycles. The van der Waals surface area contributed by atoms with Crippen LogP contribution in [0.25, 0.3) is 0 Å². The minimum atomic E-state index is -0.355. The van der Waals surface area contributed by atoms with Crippen molar-refractivity contribution in [3.8, 4) is 0 Å². The molecule has 0 aliphatic rings. The molecule has 1 aromatic rings. The number of hydrogen-bond acceptors (Lipinski definition) is 2. The Morgan fingerprint density at radius 2 is 1.94 bits per heavy atom. The first-order chi connectivity index (χ1) is 8.00. The normalized spacial score (nSPS) is 12.5. The van der Waals surface area contributed by atoms with Crippen LogP contribution in [-0.2, 0) is 0 Å². The molecule has 0 saturated carbocycles. The van der Waals surface area contributed by atoms with Crippen molar-refractivity contribution in [1.82, 2.24) is 5.32 Å². The van der Waals surface area contributed by atoms with Gasteiger partial charge in [0, 0.05) is 15.7 Å². The van der Waals surface area contributed by atoms with Crippen LogP contribution < -0.4 is 5.32 Å². The van der Waals surface area contributed by atoms with Crippen molar-refractivity contribution in [2.24, 2.45) is 5.92 Å². The van der Waals surface area contributed by atoms with Gasteiger partial charge in [0.15, 0.2) is 0 Å². The minimum Gasteiger partial charge on any atom is -0.393 e. The highest BCUT2D eigenvalue weighted by atomic mass is 127. The molecule has 1 aromatic carbocycles. The van der Waals surface area contributed by atoms with Crippen LogP contribution >= 0.6 is 22.6 Å². The van der Waals surface area contributed by atoms with Crippen molar-refractivity contribution < 1.29 is 9.90 Å². The van der Waals surface area contributed by atoms with Crippen LogP contribution in [0.4, 0.5) is 0 Å². The molecule has 0 aliphatic carbocycles. The van der Waals surface area contributed by atoms with E-state index in [0.29, 0.717) is 18.5 Å². The lowest BCUT2D eigenvalue weighted by atomic mass is 10.0. The van der Waals surface area contributed by atoms with Gasteiger partial charge in [0.05, 0.1) is 6.10 Å². The number of amides is 1. The summed E-state index contributed by atoms with van der Waals surface area (Å²) in [6.45, 7) is 4.43. The molecule has 0 saturated heterocycles. The summed E-state index contributed by atoms with van der Waals surface area (Å²) in [5, 5.41) is 12.4. The highest BCUT2D eigenvalue weighted by Gasteiger charge is 2.10. The monoisotopic (exact) mass is 347 g/mol. The van der Waals surface area contributed by atoms with Crippen LogP contribution in [0.1, 0.15) is 30.6 Å². The first-order valence-electron chi connectivity index (χ1n) is 5.72. The van der Waals surface area contributed by atoms with Crippen molar-refractivity contribution in [2.45, 2.75) is 26.4 Å². The molecule has 17 heavy (non-hydrogen) atoms. The largest absolute Gasteiger partial charge is 0.393 e. The molecule has 4 heteroatoms. The van der Waals surface area contributed by atoms with Crippen molar-refractivity contribution in [2.75, 3.05) is 6.54 Å². The first kappa shape index (κ1) is 14.4. The van der Waals surface area contributed by atoms with Gasteiger partial charge in [-0.15, -0.1) is 0 Å². The van der Waals surface area contributed by atoms with E-state index in [-0.39, 0.29) is 17.9 Å². The maximum atomic E-state index is 11.7. The van der Waals surface area contributed by atoms with E-state index in [9.17, 15) is 9.90 Å². The van der Waals surface area contributed by atoms with Crippen molar-refractivity contribution in [3.05, 3.63) is 33.4 Å². The van der Waals surface area contributed by atoms with E-state index < -0.39 is 0 Å². The number of carbonyl (C=O) groups excluding carboxylic acids is 1. The zero-order valence-electron chi connectivity index (χ0n) is 10.1. The lowest BCUT2D eigenvalue weighted by molar-refractivity contribution is 0.0920. The molecule has 0 fully saturated rings. The number of halogens is 1. The molecule has 0 bridgehead atoms. The van der Waals surface area contributed by atoms with Crippen LogP contribution in [-0.4, -0.2) is 23.7 Å². The summed E-state index contributed by atoms with van der Waals surface area (Å²) in [4.78, 5) is 11.7. The van der Waals surface area contributed by atoms with Gasteiger partial charge in [0.2, 0.25) is 0 Å². The third-order valence-corrected chi connectivity index (χ3v) is 3.32. The second-order valence-electron chi connectivity index (χ2n) is 4.36. The molecule has 0 aliphatic heterocycles. The Labute approximate surface area is 116 Å². The molecule has 1 unspecified atom stereocenters. The predicted octanol–water partition coefficient (Wildman–Crippen LogP) is 2.43.